The normalized spacial score (nSPS) is 42.7. The third kappa shape index (κ3) is 2.10. The molecular weight excluding hydrogens is 272 g/mol. The van der Waals surface area contributed by atoms with Crippen LogP contribution in [0.2, 0.25) is 0 Å². The highest BCUT2D eigenvalue weighted by molar-refractivity contribution is 5.83. The van der Waals surface area contributed by atoms with E-state index in [0.717, 1.165) is 0 Å². The molecule has 1 saturated carbocycles. The van der Waals surface area contributed by atoms with Crippen molar-refractivity contribution >= 4 is 5.78 Å². The highest BCUT2D eigenvalue weighted by Gasteiger charge is 2.70. The van der Waals surface area contributed by atoms with Crippen molar-refractivity contribution in [2.75, 3.05) is 13.9 Å². The summed E-state index contributed by atoms with van der Waals surface area (Å²) in [6.07, 6.45) is 3.90. The summed E-state index contributed by atoms with van der Waals surface area (Å²) < 4.78 is 23.5. The highest BCUT2D eigenvalue weighted by atomic mass is 16.8. The number of ketones is 1. The molecule has 5 heteroatoms. The van der Waals surface area contributed by atoms with E-state index in [-0.39, 0.29) is 31.0 Å². The molecule has 4 atom stereocenters. The van der Waals surface area contributed by atoms with E-state index in [9.17, 15) is 4.79 Å². The van der Waals surface area contributed by atoms with Gasteiger partial charge in [-0.05, 0) is 26.7 Å². The van der Waals surface area contributed by atoms with Gasteiger partial charge in [0.15, 0.2) is 6.79 Å². The zero-order chi connectivity index (χ0) is 15.3. The molecule has 5 nitrogen and oxygen atoms in total. The van der Waals surface area contributed by atoms with Gasteiger partial charge in [0.1, 0.15) is 11.4 Å². The van der Waals surface area contributed by atoms with Crippen molar-refractivity contribution in [1.29, 1.82) is 0 Å². The zero-order valence-corrected chi connectivity index (χ0v) is 13.0. The largest absolute Gasteiger partial charge is 0.376 e. The van der Waals surface area contributed by atoms with Gasteiger partial charge in [-0.1, -0.05) is 6.08 Å². The minimum atomic E-state index is -0.928. The number of Topliss-reactive ketones (excluding diaryl/α,β-unsaturated/α-hetero) is 1. The van der Waals surface area contributed by atoms with Gasteiger partial charge in [-0.15, -0.1) is 6.58 Å². The minimum absolute atomic E-state index is 0.0506. The highest BCUT2D eigenvalue weighted by Crippen LogP contribution is 2.57. The van der Waals surface area contributed by atoms with E-state index in [0.29, 0.717) is 19.3 Å². The van der Waals surface area contributed by atoms with Gasteiger partial charge in [0, 0.05) is 19.4 Å². The molecule has 3 aliphatic rings. The van der Waals surface area contributed by atoms with E-state index < -0.39 is 17.0 Å². The Morgan fingerprint density at radius 1 is 1.43 bits per heavy atom. The van der Waals surface area contributed by atoms with E-state index in [1.807, 2.05) is 13.8 Å². The average Bonchev–Trinajstić information content (AvgIpc) is 2.91. The van der Waals surface area contributed by atoms with Crippen molar-refractivity contribution in [3.05, 3.63) is 12.7 Å². The predicted molar refractivity (Wildman–Crippen MR) is 75.6 cm³/mol. The quantitative estimate of drug-likeness (QED) is 0.744. The van der Waals surface area contributed by atoms with Crippen molar-refractivity contribution < 1.29 is 23.7 Å². The fraction of sp³-hybridized carbons (Fsp3) is 0.812. The standard InChI is InChI=1S/C16H24O5/c1-5-6-11-7-15-9-13(14(2,3)18-4)21-16(15,8-12(11)17)20-10-19-15/h5,11,13H,1,6-10H2,2-4H3. The molecule has 3 rings (SSSR count). The second-order valence-electron chi connectivity index (χ2n) is 6.84. The van der Waals surface area contributed by atoms with E-state index in [1.54, 1.807) is 13.2 Å². The molecule has 1 aliphatic carbocycles. The van der Waals surface area contributed by atoms with Crippen LogP contribution in [0.4, 0.5) is 0 Å². The van der Waals surface area contributed by atoms with Gasteiger partial charge in [0.2, 0.25) is 5.79 Å². The first-order valence-corrected chi connectivity index (χ1v) is 7.52. The van der Waals surface area contributed by atoms with Crippen molar-refractivity contribution in [3.63, 3.8) is 0 Å². The first-order chi connectivity index (χ1) is 9.88. The van der Waals surface area contributed by atoms with Gasteiger partial charge >= 0.3 is 0 Å². The first-order valence-electron chi connectivity index (χ1n) is 7.52. The average molecular weight is 296 g/mol. The maximum absolute atomic E-state index is 12.4. The third-order valence-corrected chi connectivity index (χ3v) is 5.36. The van der Waals surface area contributed by atoms with Crippen molar-refractivity contribution in [3.8, 4) is 0 Å². The Balaban J connectivity index is 1.91. The van der Waals surface area contributed by atoms with Gasteiger partial charge in [-0.25, -0.2) is 0 Å². The Bertz CT molecular complexity index is 460. The third-order valence-electron chi connectivity index (χ3n) is 5.36. The summed E-state index contributed by atoms with van der Waals surface area (Å²) in [6.45, 7) is 7.91. The van der Waals surface area contributed by atoms with Crippen LogP contribution >= 0.6 is 0 Å². The lowest BCUT2D eigenvalue weighted by Crippen LogP contribution is -2.55. The Hall–Kier alpha value is -0.750. The predicted octanol–water partition coefficient (Wildman–Crippen LogP) is 2.19. The second-order valence-corrected chi connectivity index (χ2v) is 6.84. The zero-order valence-electron chi connectivity index (χ0n) is 13.0. The number of carbonyl (C=O) groups excluding carboxylic acids is 1. The SMILES string of the molecule is C=CCC1CC23CC(C(C)(C)OC)OC2(CC1=O)OCO3. The number of rotatable bonds is 4. The minimum Gasteiger partial charge on any atom is -0.376 e. The van der Waals surface area contributed by atoms with Gasteiger partial charge < -0.3 is 18.9 Å². The molecule has 0 spiro atoms. The number of methoxy groups -OCH3 is 1. The van der Waals surface area contributed by atoms with Crippen LogP contribution < -0.4 is 0 Å². The molecule has 0 aromatic carbocycles. The molecule has 0 amide bonds. The van der Waals surface area contributed by atoms with Crippen LogP contribution in [0.1, 0.15) is 39.5 Å². The van der Waals surface area contributed by atoms with Gasteiger partial charge in [-0.3, -0.25) is 4.79 Å². The van der Waals surface area contributed by atoms with Crippen LogP contribution in [0.15, 0.2) is 12.7 Å². The van der Waals surface area contributed by atoms with E-state index in [1.165, 1.54) is 0 Å². The van der Waals surface area contributed by atoms with Gasteiger partial charge in [0.05, 0.1) is 18.1 Å². The molecule has 4 unspecified atom stereocenters. The molecule has 2 aliphatic heterocycles. The maximum atomic E-state index is 12.4. The molecule has 118 valence electrons. The fourth-order valence-corrected chi connectivity index (χ4v) is 3.78. The van der Waals surface area contributed by atoms with Crippen LogP contribution in [0, 0.1) is 5.92 Å². The fourth-order valence-electron chi connectivity index (χ4n) is 3.78. The lowest BCUT2D eigenvalue weighted by Gasteiger charge is -2.41. The molecular formula is C16H24O5. The smallest absolute Gasteiger partial charge is 0.207 e. The monoisotopic (exact) mass is 296 g/mol. The summed E-state index contributed by atoms with van der Waals surface area (Å²) in [6, 6.07) is 0. The van der Waals surface area contributed by atoms with E-state index in [2.05, 4.69) is 6.58 Å². The maximum Gasteiger partial charge on any atom is 0.207 e. The molecule has 0 bridgehead atoms. The summed E-state index contributed by atoms with van der Waals surface area (Å²) in [4.78, 5) is 12.4. The number of ether oxygens (including phenoxy) is 4. The van der Waals surface area contributed by atoms with Gasteiger partial charge in [-0.2, -0.15) is 0 Å². The number of allylic oxidation sites excluding steroid dienone is 1. The molecule has 0 aromatic rings. The van der Waals surface area contributed by atoms with Crippen LogP contribution in [0.25, 0.3) is 0 Å². The summed E-state index contributed by atoms with van der Waals surface area (Å²) in [5.74, 6) is -0.806. The molecule has 21 heavy (non-hydrogen) atoms. The van der Waals surface area contributed by atoms with Crippen LogP contribution in [0.3, 0.4) is 0 Å². The summed E-state index contributed by atoms with van der Waals surface area (Å²) >= 11 is 0. The second kappa shape index (κ2) is 4.88. The molecule has 2 saturated heterocycles. The van der Waals surface area contributed by atoms with E-state index in [4.69, 9.17) is 18.9 Å². The number of hydrogen-bond donors (Lipinski definition) is 0. The summed E-state index contributed by atoms with van der Waals surface area (Å²) in [7, 11) is 1.67. The molecule has 0 N–H and O–H groups in total. The molecule has 0 radical (unpaired) electrons. The Morgan fingerprint density at radius 3 is 2.86 bits per heavy atom. The van der Waals surface area contributed by atoms with Crippen LogP contribution in [-0.4, -0.2) is 42.8 Å². The molecule has 0 aromatic heterocycles. The first kappa shape index (κ1) is 15.2. The van der Waals surface area contributed by atoms with Crippen molar-refractivity contribution in [2.24, 2.45) is 5.92 Å². The van der Waals surface area contributed by atoms with Crippen LogP contribution in [0.5, 0.6) is 0 Å². The molecule has 3 fully saturated rings. The Labute approximate surface area is 125 Å². The Morgan fingerprint density at radius 2 is 2.19 bits per heavy atom. The number of hydrogen-bond acceptors (Lipinski definition) is 5. The van der Waals surface area contributed by atoms with E-state index >= 15 is 0 Å². The van der Waals surface area contributed by atoms with Gasteiger partial charge in [0.25, 0.3) is 0 Å². The summed E-state index contributed by atoms with van der Waals surface area (Å²) in [5, 5.41) is 0. The number of carbonyl (C=O) groups is 1. The Kier molecular flexibility index (Phi) is 3.52. The summed E-state index contributed by atoms with van der Waals surface area (Å²) in [5.41, 5.74) is -0.979. The topological polar surface area (TPSA) is 54.0 Å². The lowest BCUT2D eigenvalue weighted by atomic mass is 9.70. The van der Waals surface area contributed by atoms with Crippen LogP contribution in [-0.2, 0) is 23.7 Å². The lowest BCUT2D eigenvalue weighted by molar-refractivity contribution is -0.250. The molecule has 2 heterocycles. The van der Waals surface area contributed by atoms with Crippen molar-refractivity contribution in [2.45, 2.75) is 62.6 Å². The van der Waals surface area contributed by atoms with Crippen molar-refractivity contribution in [1.82, 2.24) is 0 Å².